The van der Waals surface area contributed by atoms with Crippen molar-refractivity contribution < 1.29 is 4.79 Å². The summed E-state index contributed by atoms with van der Waals surface area (Å²) in [5.41, 5.74) is 3.44. The molecule has 0 bridgehead atoms. The number of hydrogen-bond donors (Lipinski definition) is 1. The van der Waals surface area contributed by atoms with Gasteiger partial charge in [0.25, 0.3) is 5.91 Å². The molecule has 1 amide bonds. The fourth-order valence-corrected chi connectivity index (χ4v) is 3.41. The Balaban J connectivity index is 1.46. The van der Waals surface area contributed by atoms with Gasteiger partial charge in [0.15, 0.2) is 0 Å². The molecule has 1 aliphatic heterocycles. The molecule has 0 radical (unpaired) electrons. The summed E-state index contributed by atoms with van der Waals surface area (Å²) in [6.07, 6.45) is 0.852. The normalized spacial score (nSPS) is 14.8. The number of nitrogens with one attached hydrogen (secondary N) is 1. The summed E-state index contributed by atoms with van der Waals surface area (Å²) in [6.45, 7) is 7.47. The van der Waals surface area contributed by atoms with E-state index < -0.39 is 0 Å². The Morgan fingerprint density at radius 2 is 2.00 bits per heavy atom. The number of nitrogens with zero attached hydrogens (tertiary/aromatic N) is 4. The molecule has 0 saturated carbocycles. The molecule has 3 heterocycles. The van der Waals surface area contributed by atoms with Gasteiger partial charge in [0.1, 0.15) is 17.3 Å². The first-order valence-electron chi connectivity index (χ1n) is 9.08. The van der Waals surface area contributed by atoms with Crippen molar-refractivity contribution in [2.45, 2.75) is 33.1 Å². The molecule has 0 spiro atoms. The second kappa shape index (κ2) is 6.52. The van der Waals surface area contributed by atoms with Crippen molar-refractivity contribution in [3.05, 3.63) is 53.4 Å². The number of carbonyl (C=O) groups is 1. The van der Waals surface area contributed by atoms with Crippen LogP contribution in [0.25, 0.3) is 11.0 Å². The second-order valence-electron chi connectivity index (χ2n) is 7.44. The van der Waals surface area contributed by atoms with Crippen LogP contribution in [0.4, 0.5) is 0 Å². The van der Waals surface area contributed by atoms with Gasteiger partial charge in [-0.2, -0.15) is 0 Å². The van der Waals surface area contributed by atoms with Crippen molar-refractivity contribution in [1.82, 2.24) is 24.8 Å². The molecular formula is C20H23N5O. The van der Waals surface area contributed by atoms with Gasteiger partial charge in [0.05, 0.1) is 17.0 Å². The minimum Gasteiger partial charge on any atom is -0.342 e. The highest BCUT2D eigenvalue weighted by Crippen LogP contribution is 2.28. The quantitative estimate of drug-likeness (QED) is 0.785. The second-order valence-corrected chi connectivity index (χ2v) is 7.44. The zero-order valence-corrected chi connectivity index (χ0v) is 15.4. The van der Waals surface area contributed by atoms with Crippen LogP contribution in [0.3, 0.4) is 0 Å². The van der Waals surface area contributed by atoms with Crippen LogP contribution in [-0.2, 0) is 6.42 Å². The monoisotopic (exact) mass is 349 g/mol. The summed E-state index contributed by atoms with van der Waals surface area (Å²) in [4.78, 5) is 31.4. The number of benzene rings is 1. The maximum absolute atomic E-state index is 12.8. The lowest BCUT2D eigenvalue weighted by atomic mass is 9.98. The van der Waals surface area contributed by atoms with E-state index in [1.165, 1.54) is 0 Å². The molecular weight excluding hydrogens is 326 g/mol. The number of hydrogen-bond acceptors (Lipinski definition) is 4. The first-order chi connectivity index (χ1) is 12.5. The molecule has 4 rings (SSSR count). The van der Waals surface area contributed by atoms with E-state index in [4.69, 9.17) is 0 Å². The molecule has 0 unspecified atom stereocenters. The van der Waals surface area contributed by atoms with Crippen molar-refractivity contribution in [2.24, 2.45) is 5.92 Å². The highest BCUT2D eigenvalue weighted by Gasteiger charge is 2.35. The van der Waals surface area contributed by atoms with Crippen LogP contribution in [0.1, 0.15) is 47.6 Å². The minimum absolute atomic E-state index is 0.0205. The third-order valence-corrected chi connectivity index (χ3v) is 4.69. The first kappa shape index (κ1) is 16.7. The van der Waals surface area contributed by atoms with E-state index in [1.807, 2.05) is 42.2 Å². The van der Waals surface area contributed by atoms with E-state index in [9.17, 15) is 4.79 Å². The number of amides is 1. The van der Waals surface area contributed by atoms with Crippen molar-refractivity contribution in [1.29, 1.82) is 0 Å². The molecule has 0 aliphatic carbocycles. The highest BCUT2D eigenvalue weighted by atomic mass is 16.2. The van der Waals surface area contributed by atoms with Crippen LogP contribution in [0.5, 0.6) is 0 Å². The van der Waals surface area contributed by atoms with Gasteiger partial charge >= 0.3 is 0 Å². The number of aryl methyl sites for hydroxylation is 1. The number of rotatable bonds is 4. The predicted octanol–water partition coefficient (Wildman–Crippen LogP) is 3.10. The largest absolute Gasteiger partial charge is 0.342 e. The summed E-state index contributed by atoms with van der Waals surface area (Å²) in [5, 5.41) is 0. The SMILES string of the molecule is Cc1nc(CC(C)C)cc(C(=O)N2CC(c3nc4ccccc4[nH]3)C2)n1. The van der Waals surface area contributed by atoms with E-state index in [0.29, 0.717) is 30.5 Å². The molecule has 6 heteroatoms. The fraction of sp³-hybridized carbons (Fsp3) is 0.400. The molecule has 1 saturated heterocycles. The standard InChI is InChI=1S/C20H23N5O/c1-12(2)8-15-9-18(22-13(3)21-15)20(26)25-10-14(11-25)19-23-16-6-4-5-7-17(16)24-19/h4-7,9,12,14H,8,10-11H2,1-3H3,(H,23,24). The molecule has 26 heavy (non-hydrogen) atoms. The van der Waals surface area contributed by atoms with Crippen LogP contribution in [-0.4, -0.2) is 43.8 Å². The van der Waals surface area contributed by atoms with E-state index in [1.54, 1.807) is 0 Å². The first-order valence-corrected chi connectivity index (χ1v) is 9.08. The highest BCUT2D eigenvalue weighted by molar-refractivity contribution is 5.93. The van der Waals surface area contributed by atoms with Gasteiger partial charge in [-0.25, -0.2) is 15.0 Å². The lowest BCUT2D eigenvalue weighted by Crippen LogP contribution is -2.49. The number of imidazole rings is 1. The smallest absolute Gasteiger partial charge is 0.272 e. The number of fused-ring (bicyclic) bond motifs is 1. The molecule has 3 aromatic rings. The van der Waals surface area contributed by atoms with Gasteiger partial charge in [0, 0.05) is 18.8 Å². The lowest BCUT2D eigenvalue weighted by Gasteiger charge is -2.37. The van der Waals surface area contributed by atoms with Gasteiger partial charge in [-0.1, -0.05) is 26.0 Å². The Morgan fingerprint density at radius 1 is 1.23 bits per heavy atom. The molecule has 1 aliphatic rings. The molecule has 1 aromatic carbocycles. The third kappa shape index (κ3) is 3.19. The van der Waals surface area contributed by atoms with Gasteiger partial charge < -0.3 is 9.88 Å². The van der Waals surface area contributed by atoms with Gasteiger partial charge in [-0.05, 0) is 37.5 Å². The maximum Gasteiger partial charge on any atom is 0.272 e. The number of aromatic nitrogens is 4. The Bertz CT molecular complexity index is 923. The summed E-state index contributed by atoms with van der Waals surface area (Å²) in [5.74, 6) is 2.33. The summed E-state index contributed by atoms with van der Waals surface area (Å²) >= 11 is 0. The van der Waals surface area contributed by atoms with E-state index in [0.717, 1.165) is 29.0 Å². The number of aromatic amines is 1. The van der Waals surface area contributed by atoms with E-state index in [2.05, 4.69) is 33.8 Å². The molecule has 0 atom stereocenters. The van der Waals surface area contributed by atoms with Gasteiger partial charge in [0.2, 0.25) is 0 Å². The van der Waals surface area contributed by atoms with Crippen LogP contribution >= 0.6 is 0 Å². The Labute approximate surface area is 152 Å². The van der Waals surface area contributed by atoms with Gasteiger partial charge in [-0.15, -0.1) is 0 Å². The summed E-state index contributed by atoms with van der Waals surface area (Å²) in [6, 6.07) is 9.83. The Kier molecular flexibility index (Phi) is 4.18. The lowest BCUT2D eigenvalue weighted by molar-refractivity contribution is 0.0589. The van der Waals surface area contributed by atoms with Crippen molar-refractivity contribution >= 4 is 16.9 Å². The Hall–Kier alpha value is -2.76. The molecule has 6 nitrogen and oxygen atoms in total. The average molecular weight is 349 g/mol. The topological polar surface area (TPSA) is 74.8 Å². The Morgan fingerprint density at radius 3 is 2.73 bits per heavy atom. The molecule has 1 N–H and O–H groups in total. The van der Waals surface area contributed by atoms with Crippen LogP contribution in [0, 0.1) is 12.8 Å². The zero-order chi connectivity index (χ0) is 18.3. The average Bonchev–Trinajstić information content (AvgIpc) is 2.95. The molecule has 1 fully saturated rings. The summed E-state index contributed by atoms with van der Waals surface area (Å²) in [7, 11) is 0. The van der Waals surface area contributed by atoms with Crippen molar-refractivity contribution in [2.75, 3.05) is 13.1 Å². The zero-order valence-electron chi connectivity index (χ0n) is 15.4. The minimum atomic E-state index is -0.0205. The number of para-hydroxylation sites is 2. The van der Waals surface area contributed by atoms with Gasteiger partial charge in [-0.3, -0.25) is 4.79 Å². The number of likely N-dealkylation sites (tertiary alicyclic amines) is 1. The van der Waals surface area contributed by atoms with Crippen LogP contribution in [0.15, 0.2) is 30.3 Å². The third-order valence-electron chi connectivity index (χ3n) is 4.69. The van der Waals surface area contributed by atoms with E-state index >= 15 is 0 Å². The number of carbonyl (C=O) groups excluding carboxylic acids is 1. The van der Waals surface area contributed by atoms with Crippen molar-refractivity contribution in [3.8, 4) is 0 Å². The maximum atomic E-state index is 12.8. The van der Waals surface area contributed by atoms with Crippen LogP contribution in [0.2, 0.25) is 0 Å². The summed E-state index contributed by atoms with van der Waals surface area (Å²) < 4.78 is 0. The molecule has 2 aromatic heterocycles. The van der Waals surface area contributed by atoms with Crippen molar-refractivity contribution in [3.63, 3.8) is 0 Å². The number of H-pyrrole nitrogens is 1. The molecule has 134 valence electrons. The fourth-order valence-electron chi connectivity index (χ4n) is 3.41. The van der Waals surface area contributed by atoms with E-state index in [-0.39, 0.29) is 11.8 Å². The van der Waals surface area contributed by atoms with Crippen LogP contribution < -0.4 is 0 Å². The predicted molar refractivity (Wildman–Crippen MR) is 100 cm³/mol.